The van der Waals surface area contributed by atoms with Crippen LogP contribution in [-0.4, -0.2) is 83.8 Å². The van der Waals surface area contributed by atoms with Crippen molar-refractivity contribution in [3.63, 3.8) is 0 Å². The Kier molecular flexibility index (Phi) is 10.8. The molecule has 4 heterocycles. The van der Waals surface area contributed by atoms with Crippen LogP contribution in [0.1, 0.15) is 54.1 Å². The lowest BCUT2D eigenvalue weighted by molar-refractivity contribution is -0.00122. The first-order valence-corrected chi connectivity index (χ1v) is 17.0. The molecule has 244 valence electrons. The number of aromatic nitrogens is 2. The van der Waals surface area contributed by atoms with E-state index >= 15 is 0 Å². The summed E-state index contributed by atoms with van der Waals surface area (Å²) in [7, 11) is 0. The molecule has 2 saturated heterocycles. The van der Waals surface area contributed by atoms with Crippen molar-refractivity contribution in [3.05, 3.63) is 74.4 Å². The maximum absolute atomic E-state index is 12.1. The number of carbonyl (C=O) groups excluding carboxylic acids is 1. The van der Waals surface area contributed by atoms with Crippen LogP contribution in [0.25, 0.3) is 11.3 Å². The molecule has 0 radical (unpaired) electrons. The molecule has 1 aromatic heterocycles. The van der Waals surface area contributed by atoms with Gasteiger partial charge in [-0.3, -0.25) is 9.58 Å². The maximum atomic E-state index is 12.1. The van der Waals surface area contributed by atoms with Gasteiger partial charge in [0.1, 0.15) is 0 Å². The zero-order valence-electron chi connectivity index (χ0n) is 26.4. The highest BCUT2D eigenvalue weighted by Gasteiger charge is 2.28. The molecule has 3 aliphatic heterocycles. The Morgan fingerprint density at radius 2 is 1.98 bits per heavy atom. The van der Waals surface area contributed by atoms with Crippen LogP contribution in [0.3, 0.4) is 0 Å². The number of nitrogens with one attached hydrogen (secondary N) is 1. The number of hydrogen-bond donors (Lipinski definition) is 2. The summed E-state index contributed by atoms with van der Waals surface area (Å²) in [6.45, 7) is 9.81. The molecule has 2 aromatic carbocycles. The summed E-state index contributed by atoms with van der Waals surface area (Å²) >= 11 is 13.2. The Morgan fingerprint density at radius 1 is 1.11 bits per heavy atom. The van der Waals surface area contributed by atoms with Crippen LogP contribution in [0, 0.1) is 11.8 Å². The molecule has 3 aromatic rings. The van der Waals surface area contributed by atoms with Crippen LogP contribution in [0.5, 0.6) is 0 Å². The van der Waals surface area contributed by atoms with E-state index in [1.165, 1.54) is 0 Å². The monoisotopic (exact) mass is 664 g/mol. The largest absolute Gasteiger partial charge is 0.379 e. The van der Waals surface area contributed by atoms with Crippen molar-refractivity contribution in [1.82, 2.24) is 24.9 Å². The van der Waals surface area contributed by atoms with E-state index in [1.807, 2.05) is 36.4 Å². The van der Waals surface area contributed by atoms with Crippen molar-refractivity contribution in [2.45, 2.75) is 64.4 Å². The molecule has 9 nitrogen and oxygen atoms in total. The smallest absolute Gasteiger partial charge is 0.315 e. The second kappa shape index (κ2) is 15.2. The molecule has 0 spiro atoms. The highest BCUT2D eigenvalue weighted by atomic mass is 35.5. The highest BCUT2D eigenvalue weighted by molar-refractivity contribution is 6.32. The molecule has 11 heteroatoms. The second-order valence-electron chi connectivity index (χ2n) is 12.3. The van der Waals surface area contributed by atoms with Crippen LogP contribution in [0.4, 0.5) is 4.79 Å². The van der Waals surface area contributed by atoms with Crippen LogP contribution >= 0.6 is 23.2 Å². The molecule has 3 N–H and O–H groups in total. The lowest BCUT2D eigenvalue weighted by atomic mass is 9.99. The minimum Gasteiger partial charge on any atom is -0.379 e. The predicted molar refractivity (Wildman–Crippen MR) is 181 cm³/mol. The van der Waals surface area contributed by atoms with Gasteiger partial charge in [0.2, 0.25) is 0 Å². The number of ether oxygens (including phenoxy) is 2. The van der Waals surface area contributed by atoms with E-state index in [2.05, 4.69) is 33.7 Å². The molecule has 0 aliphatic carbocycles. The first kappa shape index (κ1) is 32.8. The van der Waals surface area contributed by atoms with Gasteiger partial charge in [0, 0.05) is 91.3 Å². The topological polar surface area (TPSA) is 97.9 Å². The second-order valence-corrected chi connectivity index (χ2v) is 13.2. The van der Waals surface area contributed by atoms with E-state index in [-0.39, 0.29) is 6.10 Å². The molecule has 2 amide bonds. The summed E-state index contributed by atoms with van der Waals surface area (Å²) in [4.78, 5) is 16.3. The van der Waals surface area contributed by atoms with E-state index in [9.17, 15) is 4.79 Å². The lowest BCUT2D eigenvalue weighted by Gasteiger charge is -2.33. The molecule has 46 heavy (non-hydrogen) atoms. The molecule has 6 rings (SSSR count). The number of amides is 2. The van der Waals surface area contributed by atoms with Gasteiger partial charge in [-0.1, -0.05) is 41.1 Å². The summed E-state index contributed by atoms with van der Waals surface area (Å²) < 4.78 is 13.4. The van der Waals surface area contributed by atoms with Crippen LogP contribution in [-0.2, 0) is 35.5 Å². The van der Waals surface area contributed by atoms with Crippen LogP contribution < -0.4 is 11.1 Å². The fourth-order valence-electron chi connectivity index (χ4n) is 6.48. The number of halogens is 2. The molecular formula is C35H42Cl2N6O3. The minimum atomic E-state index is -0.419. The van der Waals surface area contributed by atoms with Crippen molar-refractivity contribution < 1.29 is 14.3 Å². The zero-order valence-corrected chi connectivity index (χ0v) is 27.9. The van der Waals surface area contributed by atoms with E-state index in [4.69, 9.17) is 43.5 Å². The van der Waals surface area contributed by atoms with E-state index in [0.29, 0.717) is 47.7 Å². The van der Waals surface area contributed by atoms with Gasteiger partial charge in [-0.05, 0) is 62.1 Å². The zero-order chi connectivity index (χ0) is 32.0. The average molecular weight is 666 g/mol. The number of benzene rings is 2. The third-order valence-corrected chi connectivity index (χ3v) is 9.80. The predicted octanol–water partition coefficient (Wildman–Crippen LogP) is 5.07. The SMILES string of the molecule is C[C@H]1COCCN1CCCn1nc(-c2ccc(Cl)c(C#Cc3ccc(Cl)c(CNCC4CCCO4)c3)c2)c2c1CCN(C(N)=O)C2. The molecule has 2 atom stereocenters. The maximum Gasteiger partial charge on any atom is 0.315 e. The normalized spacial score (nSPS) is 19.9. The molecule has 3 aliphatic rings. The van der Waals surface area contributed by atoms with Gasteiger partial charge in [-0.2, -0.15) is 5.10 Å². The lowest BCUT2D eigenvalue weighted by Crippen LogP contribution is -2.44. The molecule has 2 fully saturated rings. The van der Waals surface area contributed by atoms with Gasteiger partial charge in [0.25, 0.3) is 0 Å². The quantitative estimate of drug-likeness (QED) is 0.310. The Morgan fingerprint density at radius 3 is 2.78 bits per heavy atom. The minimum absolute atomic E-state index is 0.269. The molecular weight excluding hydrogens is 623 g/mol. The van der Waals surface area contributed by atoms with Gasteiger partial charge in [-0.25, -0.2) is 4.79 Å². The van der Waals surface area contributed by atoms with Gasteiger partial charge >= 0.3 is 6.03 Å². The number of hydrogen-bond acceptors (Lipinski definition) is 6. The van der Waals surface area contributed by atoms with E-state index in [1.54, 1.807) is 4.90 Å². The first-order valence-electron chi connectivity index (χ1n) is 16.2. The Labute approximate surface area is 281 Å². The molecule has 0 bridgehead atoms. The number of carbonyl (C=O) groups is 1. The molecule has 0 saturated carbocycles. The number of rotatable bonds is 9. The number of aryl methyl sites for hydroxylation is 1. The third-order valence-electron chi connectivity index (χ3n) is 9.10. The number of primary amides is 1. The van der Waals surface area contributed by atoms with Crippen LogP contribution in [0.15, 0.2) is 36.4 Å². The Balaban J connectivity index is 1.21. The summed E-state index contributed by atoms with van der Waals surface area (Å²) in [5, 5.41) is 9.83. The van der Waals surface area contributed by atoms with E-state index < -0.39 is 6.03 Å². The van der Waals surface area contributed by atoms with Gasteiger partial charge in [-0.15, -0.1) is 0 Å². The van der Waals surface area contributed by atoms with Crippen molar-refractivity contribution >= 4 is 29.2 Å². The number of nitrogens with zero attached hydrogens (tertiary/aromatic N) is 4. The van der Waals surface area contributed by atoms with Crippen molar-refractivity contribution in [1.29, 1.82) is 0 Å². The standard InChI is InChI=1S/C35H42Cl2N6O3/c1-24-23-45-17-15-41(24)12-3-13-43-33-11-14-42(35(38)44)22-30(33)34(40-43)27-8-10-31(36)26(19-27)7-5-25-6-9-32(37)28(18-25)20-39-21-29-4-2-16-46-29/h6,8-10,18-19,24,29,39H,2-4,11-17,20-23H2,1H3,(H2,38,44)/t24-,29?/m0/s1. The highest BCUT2D eigenvalue weighted by Crippen LogP contribution is 2.32. The van der Waals surface area contributed by atoms with Gasteiger partial charge in [0.15, 0.2) is 0 Å². The Bertz CT molecular complexity index is 1610. The average Bonchev–Trinajstić information content (AvgIpc) is 3.71. The van der Waals surface area contributed by atoms with Crippen molar-refractivity contribution in [2.24, 2.45) is 5.73 Å². The third kappa shape index (κ3) is 7.88. The summed E-state index contributed by atoms with van der Waals surface area (Å²) in [5.74, 6) is 6.55. The fourth-order valence-corrected chi connectivity index (χ4v) is 6.83. The van der Waals surface area contributed by atoms with Crippen molar-refractivity contribution in [2.75, 3.05) is 46.0 Å². The fraction of sp³-hybridized carbons (Fsp3) is 0.486. The van der Waals surface area contributed by atoms with Crippen LogP contribution in [0.2, 0.25) is 10.0 Å². The number of fused-ring (bicyclic) bond motifs is 1. The summed E-state index contributed by atoms with van der Waals surface area (Å²) in [6, 6.07) is 11.6. The first-order chi connectivity index (χ1) is 22.4. The van der Waals surface area contributed by atoms with Crippen molar-refractivity contribution in [3.8, 4) is 23.1 Å². The number of nitrogens with two attached hydrogens (primary N) is 1. The Hall–Kier alpha value is -3.10. The van der Waals surface area contributed by atoms with Gasteiger partial charge < -0.3 is 25.4 Å². The van der Waals surface area contributed by atoms with Gasteiger partial charge in [0.05, 0.1) is 36.6 Å². The summed E-state index contributed by atoms with van der Waals surface area (Å²) in [5.41, 5.74) is 12.2. The summed E-state index contributed by atoms with van der Waals surface area (Å²) in [6.07, 6.45) is 4.16. The molecule has 1 unspecified atom stereocenters. The number of morpholine rings is 1. The van der Waals surface area contributed by atoms with E-state index in [0.717, 1.165) is 98.9 Å². The number of urea groups is 1.